The Hall–Kier alpha value is -1.70. The lowest BCUT2D eigenvalue weighted by atomic mass is 10.1. The first-order valence-corrected chi connectivity index (χ1v) is 5.51. The molecule has 1 unspecified atom stereocenters. The summed E-state index contributed by atoms with van der Waals surface area (Å²) in [6, 6.07) is -1.12. The molecule has 0 aliphatic carbocycles. The van der Waals surface area contributed by atoms with Crippen molar-refractivity contribution in [1.29, 1.82) is 0 Å². The van der Waals surface area contributed by atoms with Crippen molar-refractivity contribution in [2.45, 2.75) is 52.3 Å². The predicted molar refractivity (Wildman–Crippen MR) is 63.3 cm³/mol. The average molecular weight is 238 g/mol. The van der Waals surface area contributed by atoms with Gasteiger partial charge in [-0.1, -0.05) is 5.92 Å². The highest BCUT2D eigenvalue weighted by Gasteiger charge is 2.41. The molecule has 0 aromatic carbocycles. The second-order valence-corrected chi connectivity index (χ2v) is 4.91. The number of urea groups is 1. The largest absolute Gasteiger partial charge is 0.443 e. The zero-order valence-corrected chi connectivity index (χ0v) is 10.8. The minimum absolute atomic E-state index is 0.329. The van der Waals surface area contributed by atoms with Crippen molar-refractivity contribution in [3.63, 3.8) is 0 Å². The monoisotopic (exact) mass is 238 g/mol. The molecule has 2 atom stereocenters. The van der Waals surface area contributed by atoms with Crippen molar-refractivity contribution < 1.29 is 14.3 Å². The Bertz CT molecular complexity index is 387. The van der Waals surface area contributed by atoms with Gasteiger partial charge in [0.15, 0.2) is 0 Å². The molecule has 94 valence electrons. The fourth-order valence-corrected chi connectivity index (χ4v) is 1.53. The molecule has 0 bridgehead atoms. The maximum absolute atomic E-state index is 11.8. The van der Waals surface area contributed by atoms with Gasteiger partial charge in [-0.15, -0.1) is 5.92 Å². The molecular formula is C12H18N2O3. The third kappa shape index (κ3) is 3.13. The third-order valence-corrected chi connectivity index (χ3v) is 2.28. The van der Waals surface area contributed by atoms with Gasteiger partial charge in [-0.3, -0.25) is 0 Å². The van der Waals surface area contributed by atoms with E-state index in [2.05, 4.69) is 17.2 Å². The summed E-state index contributed by atoms with van der Waals surface area (Å²) in [5.41, 5.74) is -0.619. The highest BCUT2D eigenvalue weighted by atomic mass is 16.6. The molecule has 0 radical (unpaired) electrons. The molecule has 5 nitrogen and oxygen atoms in total. The van der Waals surface area contributed by atoms with Gasteiger partial charge in [0.1, 0.15) is 11.6 Å². The number of amides is 3. The number of carbonyl (C=O) groups is 2. The molecule has 1 saturated heterocycles. The lowest BCUT2D eigenvalue weighted by molar-refractivity contribution is 0.0304. The van der Waals surface area contributed by atoms with Crippen LogP contribution in [0.25, 0.3) is 0 Å². The number of hydrogen-bond donors (Lipinski definition) is 1. The quantitative estimate of drug-likeness (QED) is 0.654. The minimum Gasteiger partial charge on any atom is -0.443 e. The van der Waals surface area contributed by atoms with Crippen LogP contribution in [0.3, 0.4) is 0 Å². The first kappa shape index (κ1) is 13.4. The maximum Gasteiger partial charge on any atom is 0.418 e. The van der Waals surface area contributed by atoms with E-state index < -0.39 is 17.7 Å². The second-order valence-electron chi connectivity index (χ2n) is 4.91. The third-order valence-electron chi connectivity index (χ3n) is 2.28. The van der Waals surface area contributed by atoms with Gasteiger partial charge >= 0.3 is 12.1 Å². The van der Waals surface area contributed by atoms with E-state index in [0.29, 0.717) is 0 Å². The summed E-state index contributed by atoms with van der Waals surface area (Å²) in [7, 11) is 0. The van der Waals surface area contributed by atoms with Crippen LogP contribution < -0.4 is 5.32 Å². The highest BCUT2D eigenvalue weighted by molar-refractivity contribution is 5.94. The molecule has 1 rings (SSSR count). The van der Waals surface area contributed by atoms with Gasteiger partial charge in [0.25, 0.3) is 0 Å². The molecule has 1 N–H and O–H groups in total. The Kier molecular flexibility index (Phi) is 3.66. The van der Waals surface area contributed by atoms with E-state index in [1.54, 1.807) is 34.6 Å². The average Bonchev–Trinajstić information content (AvgIpc) is 2.39. The molecule has 1 fully saturated rings. The fraction of sp³-hybridized carbons (Fsp3) is 0.667. The standard InChI is InChI=1S/C12H18N2O3/c1-6-7-9-8(2)14(10(15)13-9)11(16)17-12(3,4)5/h8-9H,1-5H3,(H,13,15)/t8-,9?/m0/s1. The van der Waals surface area contributed by atoms with Crippen LogP contribution in [0.2, 0.25) is 0 Å². The molecule has 1 aliphatic rings. The Labute approximate surface area is 101 Å². The number of rotatable bonds is 0. The lowest BCUT2D eigenvalue weighted by Crippen LogP contribution is -2.42. The summed E-state index contributed by atoms with van der Waals surface area (Å²) in [6.07, 6.45) is -0.636. The van der Waals surface area contributed by atoms with Crippen molar-refractivity contribution >= 4 is 12.1 Å². The van der Waals surface area contributed by atoms with Crippen LogP contribution in [-0.4, -0.2) is 34.7 Å². The van der Waals surface area contributed by atoms with Crippen LogP contribution in [0.1, 0.15) is 34.6 Å². The smallest absolute Gasteiger partial charge is 0.418 e. The maximum atomic E-state index is 11.8. The Morgan fingerprint density at radius 2 is 2.06 bits per heavy atom. The van der Waals surface area contributed by atoms with E-state index in [-0.39, 0.29) is 12.1 Å². The number of carbonyl (C=O) groups excluding carboxylic acids is 2. The SMILES string of the molecule is CC#CC1NC(=O)N(C(=O)OC(C)(C)C)[C@H]1C. The minimum atomic E-state index is -0.636. The molecule has 5 heteroatoms. The number of hydrogen-bond acceptors (Lipinski definition) is 3. The van der Waals surface area contributed by atoms with Gasteiger partial charge in [0.2, 0.25) is 0 Å². The van der Waals surface area contributed by atoms with Crippen molar-refractivity contribution in [1.82, 2.24) is 10.2 Å². The number of imide groups is 1. The van der Waals surface area contributed by atoms with Crippen molar-refractivity contribution in [2.75, 3.05) is 0 Å². The first-order valence-electron chi connectivity index (χ1n) is 5.51. The van der Waals surface area contributed by atoms with Gasteiger partial charge in [-0.05, 0) is 34.6 Å². The number of ether oxygens (including phenoxy) is 1. The second kappa shape index (κ2) is 4.66. The summed E-state index contributed by atoms with van der Waals surface area (Å²) in [5, 5.41) is 2.63. The molecule has 3 amide bonds. The van der Waals surface area contributed by atoms with Gasteiger partial charge in [0, 0.05) is 0 Å². The Morgan fingerprint density at radius 3 is 2.53 bits per heavy atom. The molecule has 0 aromatic heterocycles. The summed E-state index contributed by atoms with van der Waals surface area (Å²) in [5.74, 6) is 5.57. The van der Waals surface area contributed by atoms with Crippen LogP contribution >= 0.6 is 0 Å². The van der Waals surface area contributed by atoms with Crippen LogP contribution in [0.15, 0.2) is 0 Å². The van der Waals surface area contributed by atoms with E-state index >= 15 is 0 Å². The first-order chi connectivity index (χ1) is 7.76. The number of nitrogens with one attached hydrogen (secondary N) is 1. The van der Waals surface area contributed by atoms with Gasteiger partial charge in [-0.2, -0.15) is 0 Å². The number of nitrogens with zero attached hydrogens (tertiary/aromatic N) is 1. The summed E-state index contributed by atoms with van der Waals surface area (Å²) < 4.78 is 5.17. The zero-order chi connectivity index (χ0) is 13.2. The van der Waals surface area contributed by atoms with Crippen molar-refractivity contribution in [3.8, 4) is 11.8 Å². The van der Waals surface area contributed by atoms with Crippen LogP contribution in [0.4, 0.5) is 9.59 Å². The molecular weight excluding hydrogens is 220 g/mol. The van der Waals surface area contributed by atoms with E-state index in [4.69, 9.17) is 4.74 Å². The molecule has 1 heterocycles. The topological polar surface area (TPSA) is 58.6 Å². The molecule has 1 aliphatic heterocycles. The zero-order valence-electron chi connectivity index (χ0n) is 10.8. The van der Waals surface area contributed by atoms with E-state index in [0.717, 1.165) is 4.90 Å². The van der Waals surface area contributed by atoms with Gasteiger partial charge < -0.3 is 10.1 Å². The molecule has 17 heavy (non-hydrogen) atoms. The summed E-state index contributed by atoms with van der Waals surface area (Å²) in [4.78, 5) is 24.5. The molecule has 0 aromatic rings. The van der Waals surface area contributed by atoms with E-state index in [9.17, 15) is 9.59 Å². The molecule has 0 spiro atoms. The van der Waals surface area contributed by atoms with Gasteiger partial charge in [-0.25, -0.2) is 14.5 Å². The van der Waals surface area contributed by atoms with Crippen molar-refractivity contribution in [2.24, 2.45) is 0 Å². The molecule has 0 saturated carbocycles. The van der Waals surface area contributed by atoms with Crippen molar-refractivity contribution in [3.05, 3.63) is 0 Å². The highest BCUT2D eigenvalue weighted by Crippen LogP contribution is 2.17. The summed E-state index contributed by atoms with van der Waals surface area (Å²) in [6.45, 7) is 8.72. The van der Waals surface area contributed by atoms with E-state index in [1.165, 1.54) is 0 Å². The predicted octanol–water partition coefficient (Wildman–Crippen LogP) is 1.73. The van der Waals surface area contributed by atoms with Gasteiger partial charge in [0.05, 0.1) is 6.04 Å². The van der Waals surface area contributed by atoms with Crippen LogP contribution in [-0.2, 0) is 4.74 Å². The Morgan fingerprint density at radius 1 is 1.47 bits per heavy atom. The van der Waals surface area contributed by atoms with Crippen LogP contribution in [0.5, 0.6) is 0 Å². The van der Waals surface area contributed by atoms with Crippen LogP contribution in [0, 0.1) is 11.8 Å². The Balaban J connectivity index is 2.80. The summed E-state index contributed by atoms with van der Waals surface area (Å²) >= 11 is 0. The van der Waals surface area contributed by atoms with E-state index in [1.807, 2.05) is 0 Å². The fourth-order valence-electron chi connectivity index (χ4n) is 1.53. The lowest BCUT2D eigenvalue weighted by Gasteiger charge is -2.25. The normalized spacial score (nSPS) is 23.8.